The topological polar surface area (TPSA) is 62.2 Å². The van der Waals surface area contributed by atoms with Gasteiger partial charge in [0.1, 0.15) is 10.8 Å². The average Bonchev–Trinajstić information content (AvgIpc) is 3.10. The van der Waals surface area contributed by atoms with Crippen molar-refractivity contribution in [2.75, 3.05) is 5.32 Å². The summed E-state index contributed by atoms with van der Waals surface area (Å²) in [5, 5.41) is 17.1. The van der Waals surface area contributed by atoms with E-state index in [9.17, 15) is 9.90 Å². The molecule has 7 heteroatoms. The third kappa shape index (κ3) is 3.55. The zero-order chi connectivity index (χ0) is 15.5. The molecule has 0 aliphatic rings. The number of thiazole rings is 1. The van der Waals surface area contributed by atoms with E-state index in [1.54, 1.807) is 29.5 Å². The third-order valence-corrected chi connectivity index (χ3v) is 5.60. The highest BCUT2D eigenvalue weighted by molar-refractivity contribution is 9.10. The van der Waals surface area contributed by atoms with Gasteiger partial charge in [-0.3, -0.25) is 4.79 Å². The molecule has 0 spiro atoms. The molecular formula is C15H11BrN2O2S2. The predicted molar refractivity (Wildman–Crippen MR) is 93.6 cm³/mol. The van der Waals surface area contributed by atoms with Gasteiger partial charge >= 0.3 is 0 Å². The van der Waals surface area contributed by atoms with Crippen LogP contribution >= 0.6 is 38.6 Å². The first kappa shape index (κ1) is 15.2. The molecule has 3 rings (SSSR count). The Kier molecular flexibility index (Phi) is 4.56. The lowest BCUT2D eigenvalue weighted by Crippen LogP contribution is -2.14. The van der Waals surface area contributed by atoms with Crippen LogP contribution in [0, 0.1) is 0 Å². The second-order valence-corrected chi connectivity index (χ2v) is 7.20. The number of aromatic hydroxyl groups is 1. The van der Waals surface area contributed by atoms with Gasteiger partial charge in [0.05, 0.1) is 22.7 Å². The number of halogens is 1. The zero-order valence-electron chi connectivity index (χ0n) is 11.2. The van der Waals surface area contributed by atoms with Crippen LogP contribution < -0.4 is 5.32 Å². The molecule has 2 N–H and O–H groups in total. The van der Waals surface area contributed by atoms with Gasteiger partial charge in [0.25, 0.3) is 0 Å². The van der Waals surface area contributed by atoms with Crippen molar-refractivity contribution in [3.8, 4) is 15.6 Å². The lowest BCUT2D eigenvalue weighted by Gasteiger charge is -2.05. The molecule has 3 aromatic rings. The van der Waals surface area contributed by atoms with Crippen molar-refractivity contribution in [1.29, 1.82) is 0 Å². The van der Waals surface area contributed by atoms with E-state index in [0.717, 1.165) is 20.1 Å². The van der Waals surface area contributed by atoms with E-state index in [1.807, 2.05) is 16.8 Å². The van der Waals surface area contributed by atoms with Crippen LogP contribution in [0.15, 0.2) is 45.6 Å². The summed E-state index contributed by atoms with van der Waals surface area (Å²) in [6.07, 6.45) is 0.178. The van der Waals surface area contributed by atoms with E-state index < -0.39 is 0 Å². The van der Waals surface area contributed by atoms with Gasteiger partial charge < -0.3 is 10.4 Å². The maximum atomic E-state index is 12.0. The number of aromatic nitrogens is 1. The molecule has 0 saturated heterocycles. The standard InChI is InChI=1S/C15H11BrN2O2S2/c16-9-5-13(21-7-9)15-17-10(8-22-15)6-14(20)18-11-3-1-2-4-12(11)19/h1-5,7-8,19H,6H2,(H,18,20). The molecule has 2 aromatic heterocycles. The molecule has 0 aliphatic carbocycles. The molecule has 0 fully saturated rings. The van der Waals surface area contributed by atoms with E-state index in [4.69, 9.17) is 0 Å². The second-order valence-electron chi connectivity index (χ2n) is 4.52. The lowest BCUT2D eigenvalue weighted by molar-refractivity contribution is -0.115. The van der Waals surface area contributed by atoms with Crippen LogP contribution in [0.25, 0.3) is 9.88 Å². The van der Waals surface area contributed by atoms with Crippen LogP contribution in [0.3, 0.4) is 0 Å². The minimum absolute atomic E-state index is 0.0539. The molecule has 0 saturated carbocycles. The predicted octanol–water partition coefficient (Wildman–Crippen LogP) is 4.52. The minimum Gasteiger partial charge on any atom is -0.506 e. The van der Waals surface area contributed by atoms with Crippen LogP contribution in [0.5, 0.6) is 5.75 Å². The van der Waals surface area contributed by atoms with Gasteiger partial charge in [0, 0.05) is 15.2 Å². The molecule has 0 bridgehead atoms. The van der Waals surface area contributed by atoms with Crippen LogP contribution in [0.1, 0.15) is 5.69 Å². The molecule has 0 radical (unpaired) electrons. The summed E-state index contributed by atoms with van der Waals surface area (Å²) in [6.45, 7) is 0. The summed E-state index contributed by atoms with van der Waals surface area (Å²) >= 11 is 6.54. The Morgan fingerprint density at radius 3 is 2.82 bits per heavy atom. The first-order chi connectivity index (χ1) is 10.6. The monoisotopic (exact) mass is 394 g/mol. The van der Waals surface area contributed by atoms with Gasteiger partial charge in [-0.05, 0) is 34.1 Å². The number of hydrogen-bond donors (Lipinski definition) is 2. The Balaban J connectivity index is 1.67. The van der Waals surface area contributed by atoms with Gasteiger partial charge in [-0.2, -0.15) is 0 Å². The number of thiophene rings is 1. The minimum atomic E-state index is -0.203. The molecular weight excluding hydrogens is 384 g/mol. The van der Waals surface area contributed by atoms with Gasteiger partial charge in [0.15, 0.2) is 0 Å². The maximum absolute atomic E-state index is 12.0. The summed E-state index contributed by atoms with van der Waals surface area (Å²) in [5.74, 6) is -0.149. The molecule has 0 aliphatic heterocycles. The fraction of sp³-hybridized carbons (Fsp3) is 0.0667. The van der Waals surface area contributed by atoms with Gasteiger partial charge in [-0.25, -0.2) is 4.98 Å². The van der Waals surface area contributed by atoms with E-state index >= 15 is 0 Å². The molecule has 0 atom stereocenters. The Morgan fingerprint density at radius 2 is 2.09 bits per heavy atom. The van der Waals surface area contributed by atoms with Gasteiger partial charge in [-0.15, -0.1) is 22.7 Å². The fourth-order valence-corrected chi connectivity index (χ4v) is 4.19. The van der Waals surface area contributed by atoms with Crippen LogP contribution in [-0.2, 0) is 11.2 Å². The number of nitrogens with one attached hydrogen (secondary N) is 1. The molecule has 2 heterocycles. The number of rotatable bonds is 4. The molecule has 0 unspecified atom stereocenters. The summed E-state index contributed by atoms with van der Waals surface area (Å²) in [7, 11) is 0. The van der Waals surface area contributed by atoms with Gasteiger partial charge in [0.2, 0.25) is 5.91 Å². The third-order valence-electron chi connectivity index (χ3n) is 2.85. The summed E-state index contributed by atoms with van der Waals surface area (Å²) in [6, 6.07) is 8.66. The van der Waals surface area contributed by atoms with Crippen molar-refractivity contribution >= 4 is 50.2 Å². The Bertz CT molecular complexity index is 813. The Morgan fingerprint density at radius 1 is 1.27 bits per heavy atom. The first-order valence-corrected chi connectivity index (χ1v) is 8.94. The number of para-hydroxylation sites is 2. The molecule has 22 heavy (non-hydrogen) atoms. The van der Waals surface area contributed by atoms with Crippen molar-refractivity contribution in [3.63, 3.8) is 0 Å². The first-order valence-electron chi connectivity index (χ1n) is 6.38. The number of hydrogen-bond acceptors (Lipinski definition) is 5. The average molecular weight is 395 g/mol. The summed E-state index contributed by atoms with van der Waals surface area (Å²) in [5.41, 5.74) is 1.13. The number of anilines is 1. The maximum Gasteiger partial charge on any atom is 0.230 e. The van der Waals surface area contributed by atoms with Crippen LogP contribution in [0.2, 0.25) is 0 Å². The number of phenolic OH excluding ortho intramolecular Hbond substituents is 1. The normalized spacial score (nSPS) is 10.6. The summed E-state index contributed by atoms with van der Waals surface area (Å²) < 4.78 is 1.03. The van der Waals surface area contributed by atoms with E-state index in [1.165, 1.54) is 17.4 Å². The highest BCUT2D eigenvalue weighted by Gasteiger charge is 2.11. The number of benzene rings is 1. The van der Waals surface area contributed by atoms with Crippen molar-refractivity contribution in [1.82, 2.24) is 4.98 Å². The van der Waals surface area contributed by atoms with Gasteiger partial charge in [-0.1, -0.05) is 12.1 Å². The highest BCUT2D eigenvalue weighted by atomic mass is 79.9. The number of carbonyl (C=O) groups is 1. The Labute approximate surface area is 143 Å². The molecule has 4 nitrogen and oxygen atoms in total. The SMILES string of the molecule is O=C(Cc1csc(-c2cc(Br)cs2)n1)Nc1ccccc1O. The molecule has 1 aromatic carbocycles. The molecule has 112 valence electrons. The van der Waals surface area contributed by atoms with E-state index in [0.29, 0.717) is 5.69 Å². The quantitative estimate of drug-likeness (QED) is 0.639. The van der Waals surface area contributed by atoms with Crippen LogP contribution in [-0.4, -0.2) is 16.0 Å². The second kappa shape index (κ2) is 6.60. The Hall–Kier alpha value is -1.70. The fourth-order valence-electron chi connectivity index (χ4n) is 1.86. The number of carbonyl (C=O) groups excluding carboxylic acids is 1. The zero-order valence-corrected chi connectivity index (χ0v) is 14.5. The number of phenols is 1. The van der Waals surface area contributed by atoms with E-state index in [2.05, 4.69) is 26.2 Å². The largest absolute Gasteiger partial charge is 0.506 e. The number of amides is 1. The lowest BCUT2D eigenvalue weighted by atomic mass is 10.2. The summed E-state index contributed by atoms with van der Waals surface area (Å²) in [4.78, 5) is 17.6. The smallest absolute Gasteiger partial charge is 0.230 e. The number of nitrogens with zero attached hydrogens (tertiary/aromatic N) is 1. The van der Waals surface area contributed by atoms with Crippen LogP contribution in [0.4, 0.5) is 5.69 Å². The highest BCUT2D eigenvalue weighted by Crippen LogP contribution is 2.32. The van der Waals surface area contributed by atoms with Crippen molar-refractivity contribution in [2.24, 2.45) is 0 Å². The van der Waals surface area contributed by atoms with Crippen molar-refractivity contribution in [2.45, 2.75) is 6.42 Å². The van der Waals surface area contributed by atoms with E-state index in [-0.39, 0.29) is 18.1 Å². The van der Waals surface area contributed by atoms with Crippen molar-refractivity contribution in [3.05, 3.63) is 51.3 Å². The van der Waals surface area contributed by atoms with Crippen molar-refractivity contribution < 1.29 is 9.90 Å². The molecule has 1 amide bonds.